The second-order valence-corrected chi connectivity index (χ2v) is 6.95. The molecule has 2 rings (SSSR count). The second-order valence-electron chi connectivity index (χ2n) is 5.90. The molecule has 3 heteroatoms. The summed E-state index contributed by atoms with van der Waals surface area (Å²) in [7, 11) is 0. The lowest BCUT2D eigenvalue weighted by Gasteiger charge is -2.20. The van der Waals surface area contributed by atoms with E-state index >= 15 is 0 Å². The van der Waals surface area contributed by atoms with Crippen LogP contribution in [0.25, 0.3) is 0 Å². The molecule has 0 unspecified atom stereocenters. The van der Waals surface area contributed by atoms with E-state index in [9.17, 15) is 0 Å². The summed E-state index contributed by atoms with van der Waals surface area (Å²) < 4.78 is 0. The second kappa shape index (κ2) is 6.91. The van der Waals surface area contributed by atoms with Gasteiger partial charge in [0.15, 0.2) is 0 Å². The number of pyridine rings is 1. The van der Waals surface area contributed by atoms with E-state index in [1.54, 1.807) is 0 Å². The zero-order valence-corrected chi connectivity index (χ0v) is 13.2. The van der Waals surface area contributed by atoms with Gasteiger partial charge in [0.05, 0.1) is 0 Å². The lowest BCUT2D eigenvalue weighted by molar-refractivity contribution is 0.424. The Hall–Kier alpha value is -1.32. The summed E-state index contributed by atoms with van der Waals surface area (Å²) in [5.74, 6) is 0.966. The van der Waals surface area contributed by atoms with Crippen molar-refractivity contribution >= 4 is 11.8 Å². The highest BCUT2D eigenvalue weighted by molar-refractivity contribution is 7.98. The van der Waals surface area contributed by atoms with Crippen molar-refractivity contribution < 1.29 is 0 Å². The Bertz CT molecular complexity index is 515. The molecular formula is C17H22N2S. The number of hydrogen-bond donors (Lipinski definition) is 1. The van der Waals surface area contributed by atoms with Crippen molar-refractivity contribution in [2.75, 3.05) is 0 Å². The Morgan fingerprint density at radius 2 is 1.80 bits per heavy atom. The number of nitrogens with zero attached hydrogens (tertiary/aromatic N) is 1. The molecule has 0 radical (unpaired) electrons. The van der Waals surface area contributed by atoms with Gasteiger partial charge in [-0.05, 0) is 50.1 Å². The van der Waals surface area contributed by atoms with Crippen LogP contribution in [0.2, 0.25) is 0 Å². The number of aromatic nitrogens is 1. The zero-order chi connectivity index (χ0) is 14.4. The molecule has 0 aliphatic rings. The molecule has 0 fully saturated rings. The van der Waals surface area contributed by atoms with Gasteiger partial charge in [-0.2, -0.15) is 0 Å². The maximum absolute atomic E-state index is 4.14. The lowest BCUT2D eigenvalue weighted by Crippen LogP contribution is -2.35. The minimum atomic E-state index is 0.160. The van der Waals surface area contributed by atoms with Gasteiger partial charge in [-0.3, -0.25) is 4.98 Å². The van der Waals surface area contributed by atoms with Crippen LogP contribution in [0.3, 0.4) is 0 Å². The van der Waals surface area contributed by atoms with E-state index in [4.69, 9.17) is 0 Å². The van der Waals surface area contributed by atoms with Crippen molar-refractivity contribution in [2.45, 2.75) is 43.5 Å². The third-order valence-electron chi connectivity index (χ3n) is 2.87. The standard InChI is InChI=1S/C17H22N2S/c1-17(2,3)19-12-14-6-8-16(9-7-14)20-13-15-5-4-10-18-11-15/h4-11,19H,12-13H2,1-3H3. The van der Waals surface area contributed by atoms with E-state index < -0.39 is 0 Å². The summed E-state index contributed by atoms with van der Waals surface area (Å²) in [5, 5.41) is 3.50. The third kappa shape index (κ3) is 5.35. The molecule has 0 aliphatic carbocycles. The zero-order valence-electron chi connectivity index (χ0n) is 12.4. The van der Waals surface area contributed by atoms with Gasteiger partial charge in [0.25, 0.3) is 0 Å². The van der Waals surface area contributed by atoms with Crippen molar-refractivity contribution in [1.29, 1.82) is 0 Å². The molecule has 1 N–H and O–H groups in total. The molecule has 0 spiro atoms. The fraction of sp³-hybridized carbons (Fsp3) is 0.353. The highest BCUT2D eigenvalue weighted by Gasteiger charge is 2.08. The molecule has 1 aromatic heterocycles. The van der Waals surface area contributed by atoms with Gasteiger partial charge in [0.2, 0.25) is 0 Å². The van der Waals surface area contributed by atoms with Gasteiger partial charge in [0.1, 0.15) is 0 Å². The number of nitrogens with one attached hydrogen (secondary N) is 1. The molecule has 0 aliphatic heterocycles. The number of rotatable bonds is 5. The topological polar surface area (TPSA) is 24.9 Å². The van der Waals surface area contributed by atoms with Crippen LogP contribution in [-0.4, -0.2) is 10.5 Å². The highest BCUT2D eigenvalue weighted by atomic mass is 32.2. The number of hydrogen-bond acceptors (Lipinski definition) is 3. The van der Waals surface area contributed by atoms with E-state index in [0.29, 0.717) is 0 Å². The van der Waals surface area contributed by atoms with E-state index in [1.165, 1.54) is 16.0 Å². The summed E-state index contributed by atoms with van der Waals surface area (Å²) in [5.41, 5.74) is 2.75. The molecule has 2 aromatic rings. The van der Waals surface area contributed by atoms with Gasteiger partial charge < -0.3 is 5.32 Å². The Morgan fingerprint density at radius 3 is 2.40 bits per heavy atom. The van der Waals surface area contributed by atoms with Crippen LogP contribution < -0.4 is 5.32 Å². The van der Waals surface area contributed by atoms with Gasteiger partial charge in [-0.25, -0.2) is 0 Å². The van der Waals surface area contributed by atoms with Crippen LogP contribution in [0.5, 0.6) is 0 Å². The quantitative estimate of drug-likeness (QED) is 0.831. The van der Waals surface area contributed by atoms with Crippen LogP contribution in [0.1, 0.15) is 31.9 Å². The molecule has 1 heterocycles. The van der Waals surface area contributed by atoms with Crippen molar-refractivity contribution in [3.05, 3.63) is 59.9 Å². The Balaban J connectivity index is 1.85. The van der Waals surface area contributed by atoms with Crippen LogP contribution in [0, 0.1) is 0 Å². The average molecular weight is 286 g/mol. The van der Waals surface area contributed by atoms with Gasteiger partial charge in [-0.1, -0.05) is 18.2 Å². The molecule has 1 aromatic carbocycles. The summed E-state index contributed by atoms with van der Waals surface area (Å²) in [6, 6.07) is 12.9. The van der Waals surface area contributed by atoms with E-state index in [1.807, 2.05) is 30.2 Å². The number of benzene rings is 1. The maximum Gasteiger partial charge on any atom is 0.0308 e. The minimum Gasteiger partial charge on any atom is -0.308 e. The third-order valence-corrected chi connectivity index (χ3v) is 3.96. The van der Waals surface area contributed by atoms with Crippen LogP contribution in [-0.2, 0) is 12.3 Å². The first-order valence-corrected chi connectivity index (χ1v) is 7.87. The van der Waals surface area contributed by atoms with Gasteiger partial charge >= 0.3 is 0 Å². The fourth-order valence-electron chi connectivity index (χ4n) is 1.72. The fourth-order valence-corrected chi connectivity index (χ4v) is 2.55. The maximum atomic E-state index is 4.14. The first-order valence-electron chi connectivity index (χ1n) is 6.89. The van der Waals surface area contributed by atoms with Crippen LogP contribution in [0.15, 0.2) is 53.7 Å². The molecule has 2 nitrogen and oxygen atoms in total. The molecule has 0 bridgehead atoms. The van der Waals surface area contributed by atoms with Gasteiger partial charge in [-0.15, -0.1) is 11.8 Å². The van der Waals surface area contributed by atoms with Crippen molar-refractivity contribution in [2.24, 2.45) is 0 Å². The Labute approximate surface area is 126 Å². The SMILES string of the molecule is CC(C)(C)NCc1ccc(SCc2cccnc2)cc1. The number of thioether (sulfide) groups is 1. The van der Waals surface area contributed by atoms with Crippen LogP contribution >= 0.6 is 11.8 Å². The van der Waals surface area contributed by atoms with Crippen LogP contribution in [0.4, 0.5) is 0 Å². The molecular weight excluding hydrogens is 264 g/mol. The normalized spacial score (nSPS) is 11.6. The average Bonchev–Trinajstić information content (AvgIpc) is 2.44. The van der Waals surface area contributed by atoms with E-state index in [2.05, 4.69) is 61.4 Å². The lowest BCUT2D eigenvalue weighted by atomic mass is 10.1. The molecule has 0 atom stereocenters. The molecule has 20 heavy (non-hydrogen) atoms. The summed E-state index contributed by atoms with van der Waals surface area (Å²) in [6.07, 6.45) is 3.74. The van der Waals surface area contributed by atoms with Crippen molar-refractivity contribution in [1.82, 2.24) is 10.3 Å². The Kier molecular flexibility index (Phi) is 5.21. The predicted octanol–water partition coefficient (Wildman–Crippen LogP) is 4.26. The van der Waals surface area contributed by atoms with E-state index in [0.717, 1.165) is 12.3 Å². The highest BCUT2D eigenvalue weighted by Crippen LogP contribution is 2.22. The molecule has 0 amide bonds. The van der Waals surface area contributed by atoms with Crippen molar-refractivity contribution in [3.8, 4) is 0 Å². The van der Waals surface area contributed by atoms with Crippen molar-refractivity contribution in [3.63, 3.8) is 0 Å². The minimum absolute atomic E-state index is 0.160. The predicted molar refractivity (Wildman–Crippen MR) is 86.8 cm³/mol. The molecule has 106 valence electrons. The first-order chi connectivity index (χ1) is 9.53. The molecule has 0 saturated carbocycles. The largest absolute Gasteiger partial charge is 0.308 e. The summed E-state index contributed by atoms with van der Waals surface area (Å²) >= 11 is 1.85. The Morgan fingerprint density at radius 1 is 1.05 bits per heavy atom. The van der Waals surface area contributed by atoms with Gasteiger partial charge in [0, 0.05) is 35.1 Å². The first kappa shape index (κ1) is 15.1. The molecule has 0 saturated heterocycles. The van der Waals surface area contributed by atoms with E-state index in [-0.39, 0.29) is 5.54 Å². The monoisotopic (exact) mass is 286 g/mol. The summed E-state index contributed by atoms with van der Waals surface area (Å²) in [6.45, 7) is 7.47. The summed E-state index contributed by atoms with van der Waals surface area (Å²) in [4.78, 5) is 5.44. The smallest absolute Gasteiger partial charge is 0.0308 e.